The highest BCUT2D eigenvalue weighted by Crippen LogP contribution is 2.46. The van der Waals surface area contributed by atoms with Crippen LogP contribution in [0.5, 0.6) is 0 Å². The molecule has 0 N–H and O–H groups in total. The Labute approximate surface area is 155 Å². The van der Waals surface area contributed by atoms with Gasteiger partial charge in [0.25, 0.3) is 0 Å². The van der Waals surface area contributed by atoms with E-state index >= 15 is 0 Å². The van der Waals surface area contributed by atoms with E-state index in [0.29, 0.717) is 0 Å². The number of hydrogen-bond donors (Lipinski definition) is 0. The average molecular weight is 342 g/mol. The summed E-state index contributed by atoms with van der Waals surface area (Å²) in [7, 11) is 0. The Bertz CT molecular complexity index is 1070. The molecule has 0 atom stereocenters. The molecule has 0 fully saturated rings. The number of allylic oxidation sites excluding steroid dienone is 3. The first-order valence-corrected chi connectivity index (χ1v) is 9.84. The lowest BCUT2D eigenvalue weighted by molar-refractivity contribution is 0.509. The Morgan fingerprint density at radius 2 is 1.88 bits per heavy atom. The Balaban J connectivity index is 1.83. The van der Waals surface area contributed by atoms with E-state index in [0.717, 1.165) is 18.7 Å². The summed E-state index contributed by atoms with van der Waals surface area (Å²) in [6.45, 7) is 14.3. The maximum absolute atomic E-state index is 5.20. The number of aryl methyl sites for hydroxylation is 3. The van der Waals surface area contributed by atoms with Crippen molar-refractivity contribution in [2.75, 3.05) is 0 Å². The molecule has 0 saturated carbocycles. The van der Waals surface area contributed by atoms with Crippen LogP contribution in [-0.4, -0.2) is 9.88 Å². The first kappa shape index (κ1) is 15.9. The zero-order chi connectivity index (χ0) is 18.2. The van der Waals surface area contributed by atoms with Crippen LogP contribution in [-0.2, 0) is 19.4 Å². The van der Waals surface area contributed by atoms with Gasteiger partial charge in [0.2, 0.25) is 0 Å². The highest BCUT2D eigenvalue weighted by Gasteiger charge is 2.34. The summed E-state index contributed by atoms with van der Waals surface area (Å²) < 4.78 is 0. The largest absolute Gasteiger partial charge is 0.335 e. The SMILES string of the molecule is C=C1C(C)=C(CC)C=C2c3nc4cc(C)c(C)c5c4c(c3CN12)CCC5. The molecule has 2 heteroatoms. The van der Waals surface area contributed by atoms with Gasteiger partial charge in [-0.05, 0) is 92.0 Å². The second-order valence-electron chi connectivity index (χ2n) is 8.03. The van der Waals surface area contributed by atoms with Gasteiger partial charge in [0.15, 0.2) is 0 Å². The number of pyridine rings is 1. The number of nitrogens with zero attached hydrogens (tertiary/aromatic N) is 2. The lowest BCUT2D eigenvalue weighted by Gasteiger charge is -2.28. The molecule has 3 heterocycles. The summed E-state index contributed by atoms with van der Waals surface area (Å²) in [5.74, 6) is 0. The van der Waals surface area contributed by atoms with Crippen molar-refractivity contribution in [2.45, 2.75) is 59.9 Å². The van der Waals surface area contributed by atoms with Crippen LogP contribution in [0, 0.1) is 13.8 Å². The van der Waals surface area contributed by atoms with Crippen LogP contribution in [0.1, 0.15) is 60.2 Å². The number of rotatable bonds is 1. The molecule has 2 aromatic rings. The Morgan fingerprint density at radius 1 is 1.12 bits per heavy atom. The van der Waals surface area contributed by atoms with Gasteiger partial charge in [-0.1, -0.05) is 13.5 Å². The van der Waals surface area contributed by atoms with Gasteiger partial charge < -0.3 is 4.90 Å². The minimum absolute atomic E-state index is 0.930. The van der Waals surface area contributed by atoms with Gasteiger partial charge in [0.05, 0.1) is 23.5 Å². The van der Waals surface area contributed by atoms with Crippen LogP contribution in [0.3, 0.4) is 0 Å². The van der Waals surface area contributed by atoms with Gasteiger partial charge in [0.1, 0.15) is 0 Å². The molecular formula is C24H26N2. The van der Waals surface area contributed by atoms with E-state index in [9.17, 15) is 0 Å². The summed E-state index contributed by atoms with van der Waals surface area (Å²) in [5, 5.41) is 1.45. The molecule has 1 aromatic heterocycles. The molecule has 0 saturated heterocycles. The van der Waals surface area contributed by atoms with E-state index in [2.05, 4.69) is 51.3 Å². The van der Waals surface area contributed by atoms with Gasteiger partial charge >= 0.3 is 0 Å². The van der Waals surface area contributed by atoms with E-state index in [1.165, 1.54) is 75.0 Å². The molecule has 132 valence electrons. The number of hydrogen-bond acceptors (Lipinski definition) is 2. The van der Waals surface area contributed by atoms with Crippen LogP contribution >= 0.6 is 0 Å². The lowest BCUT2D eigenvalue weighted by Crippen LogP contribution is -2.19. The molecule has 0 bridgehead atoms. The summed E-state index contributed by atoms with van der Waals surface area (Å²) in [4.78, 5) is 7.58. The van der Waals surface area contributed by atoms with Crippen LogP contribution in [0.15, 0.2) is 35.6 Å². The monoisotopic (exact) mass is 342 g/mol. The summed E-state index contributed by atoms with van der Waals surface area (Å²) in [6, 6.07) is 2.30. The average Bonchev–Trinajstić information content (AvgIpc) is 3.01. The van der Waals surface area contributed by atoms with Crippen LogP contribution in [0.4, 0.5) is 0 Å². The lowest BCUT2D eigenvalue weighted by atomic mass is 9.83. The van der Waals surface area contributed by atoms with Crippen molar-refractivity contribution < 1.29 is 0 Å². The van der Waals surface area contributed by atoms with E-state index in [4.69, 9.17) is 4.98 Å². The molecule has 0 unspecified atom stereocenters. The highest BCUT2D eigenvalue weighted by molar-refractivity contribution is 5.93. The second kappa shape index (κ2) is 5.33. The minimum Gasteiger partial charge on any atom is -0.335 e. The third-order valence-electron chi connectivity index (χ3n) is 6.77. The maximum Gasteiger partial charge on any atom is 0.0927 e. The van der Waals surface area contributed by atoms with Crippen molar-refractivity contribution in [3.8, 4) is 0 Å². The molecule has 0 spiro atoms. The summed E-state index contributed by atoms with van der Waals surface area (Å²) >= 11 is 0. The number of fused-ring (bicyclic) bond motifs is 4. The van der Waals surface area contributed by atoms with Gasteiger partial charge in [0, 0.05) is 16.6 Å². The maximum atomic E-state index is 5.20. The zero-order valence-corrected chi connectivity index (χ0v) is 16.3. The fraction of sp³-hybridized carbons (Fsp3) is 0.375. The molecule has 1 aromatic carbocycles. The smallest absolute Gasteiger partial charge is 0.0927 e. The fourth-order valence-electron chi connectivity index (χ4n) is 5.07. The predicted octanol–water partition coefficient (Wildman–Crippen LogP) is 5.75. The normalized spacial score (nSPS) is 18.4. The first-order valence-electron chi connectivity index (χ1n) is 9.84. The highest BCUT2D eigenvalue weighted by atomic mass is 15.2. The summed E-state index contributed by atoms with van der Waals surface area (Å²) in [5.41, 5.74) is 14.9. The first-order chi connectivity index (χ1) is 12.5. The van der Waals surface area contributed by atoms with Gasteiger partial charge in [-0.15, -0.1) is 0 Å². The molecule has 3 aliphatic rings. The minimum atomic E-state index is 0.930. The van der Waals surface area contributed by atoms with Crippen LogP contribution < -0.4 is 0 Å². The molecule has 2 nitrogen and oxygen atoms in total. The third-order valence-corrected chi connectivity index (χ3v) is 6.77. The number of aromatic nitrogens is 1. The Hall–Kier alpha value is -2.35. The molecular weight excluding hydrogens is 316 g/mol. The third kappa shape index (κ3) is 1.90. The quantitative estimate of drug-likeness (QED) is 0.656. The Morgan fingerprint density at radius 3 is 2.65 bits per heavy atom. The molecule has 2 aliphatic heterocycles. The van der Waals surface area contributed by atoms with Crippen molar-refractivity contribution in [2.24, 2.45) is 0 Å². The molecule has 1 aliphatic carbocycles. The molecule has 0 radical (unpaired) electrons. The molecule has 0 amide bonds. The van der Waals surface area contributed by atoms with Crippen LogP contribution in [0.2, 0.25) is 0 Å². The van der Waals surface area contributed by atoms with Gasteiger partial charge in [-0.2, -0.15) is 0 Å². The second-order valence-corrected chi connectivity index (χ2v) is 8.03. The van der Waals surface area contributed by atoms with Gasteiger partial charge in [-0.3, -0.25) is 0 Å². The Kier molecular flexibility index (Phi) is 3.25. The van der Waals surface area contributed by atoms with Crippen molar-refractivity contribution >= 4 is 16.6 Å². The van der Waals surface area contributed by atoms with Gasteiger partial charge in [-0.25, -0.2) is 4.98 Å². The van der Waals surface area contributed by atoms with Crippen molar-refractivity contribution in [3.05, 3.63) is 69.1 Å². The predicted molar refractivity (Wildman–Crippen MR) is 109 cm³/mol. The zero-order valence-electron chi connectivity index (χ0n) is 16.3. The van der Waals surface area contributed by atoms with Crippen LogP contribution in [0.25, 0.3) is 16.6 Å². The standard InChI is InChI=1S/C24H26N2/c1-6-17-11-22-24-20(12-26(22)16(5)15(17)4)19-9-7-8-18-14(3)13(2)10-21(25-24)23(18)19/h10-11H,5-9,12H2,1-4H3. The van der Waals surface area contributed by atoms with E-state index in [1.807, 2.05) is 0 Å². The topological polar surface area (TPSA) is 16.1 Å². The summed E-state index contributed by atoms with van der Waals surface area (Å²) in [6.07, 6.45) is 7.02. The van der Waals surface area contributed by atoms with Crippen molar-refractivity contribution in [1.29, 1.82) is 0 Å². The van der Waals surface area contributed by atoms with Crippen molar-refractivity contribution in [3.63, 3.8) is 0 Å². The molecule has 5 rings (SSSR count). The van der Waals surface area contributed by atoms with E-state index in [-0.39, 0.29) is 0 Å². The fourth-order valence-corrected chi connectivity index (χ4v) is 5.07. The number of benzene rings is 1. The van der Waals surface area contributed by atoms with E-state index in [1.54, 1.807) is 5.56 Å². The molecule has 26 heavy (non-hydrogen) atoms. The van der Waals surface area contributed by atoms with E-state index < -0.39 is 0 Å². The van der Waals surface area contributed by atoms with Crippen molar-refractivity contribution in [1.82, 2.24) is 9.88 Å².